The molecule has 0 saturated heterocycles. The summed E-state index contributed by atoms with van der Waals surface area (Å²) in [4.78, 5) is 13.7. The van der Waals surface area contributed by atoms with Gasteiger partial charge < -0.3 is 23.7 Å². The standard InChI is InChI=1S/C25H32O6/c1-6-31-18-9-7-16(8-10-18)20-12-11-19(27-2)15-21(20)24(26)17-13-22(28-3)25(30-5)23(14-17)29-4/h7-10,13-14,19-21H,6,11-12,15H2,1-5H3. The Morgan fingerprint density at radius 1 is 0.935 bits per heavy atom. The molecular weight excluding hydrogens is 396 g/mol. The zero-order valence-corrected chi connectivity index (χ0v) is 19.0. The first kappa shape index (κ1) is 22.9. The zero-order valence-electron chi connectivity index (χ0n) is 19.0. The lowest BCUT2D eigenvalue weighted by molar-refractivity contribution is 0.0389. The van der Waals surface area contributed by atoms with Crippen molar-refractivity contribution in [3.05, 3.63) is 47.5 Å². The SMILES string of the molecule is CCOc1ccc(C2CCC(OC)CC2C(=O)c2cc(OC)c(OC)c(OC)c2)cc1. The summed E-state index contributed by atoms with van der Waals surface area (Å²) in [6.45, 7) is 2.59. The molecule has 1 aliphatic carbocycles. The maximum Gasteiger partial charge on any atom is 0.203 e. The summed E-state index contributed by atoms with van der Waals surface area (Å²) >= 11 is 0. The van der Waals surface area contributed by atoms with Gasteiger partial charge in [-0.1, -0.05) is 12.1 Å². The molecule has 168 valence electrons. The summed E-state index contributed by atoms with van der Waals surface area (Å²) < 4.78 is 27.5. The molecule has 1 fully saturated rings. The van der Waals surface area contributed by atoms with Gasteiger partial charge in [-0.3, -0.25) is 4.79 Å². The van der Waals surface area contributed by atoms with Crippen molar-refractivity contribution in [2.75, 3.05) is 35.0 Å². The molecule has 3 unspecified atom stereocenters. The van der Waals surface area contributed by atoms with E-state index in [1.165, 1.54) is 0 Å². The fraction of sp³-hybridized carbons (Fsp3) is 0.480. The van der Waals surface area contributed by atoms with Crippen LogP contribution in [0.25, 0.3) is 0 Å². The smallest absolute Gasteiger partial charge is 0.203 e. The Labute approximate surface area is 184 Å². The molecule has 1 saturated carbocycles. The molecule has 0 aromatic heterocycles. The summed E-state index contributed by atoms with van der Waals surface area (Å²) in [6.07, 6.45) is 2.54. The average Bonchev–Trinajstić information content (AvgIpc) is 2.82. The number of carbonyl (C=O) groups excluding carboxylic acids is 1. The number of Topliss-reactive ketones (excluding diaryl/α,β-unsaturated/α-hetero) is 1. The Balaban J connectivity index is 1.96. The van der Waals surface area contributed by atoms with Crippen molar-refractivity contribution in [1.29, 1.82) is 0 Å². The molecule has 2 aromatic carbocycles. The second kappa shape index (κ2) is 10.5. The lowest BCUT2D eigenvalue weighted by Gasteiger charge is -2.35. The van der Waals surface area contributed by atoms with Crippen LogP contribution in [0, 0.1) is 5.92 Å². The van der Waals surface area contributed by atoms with Crippen molar-refractivity contribution >= 4 is 5.78 Å². The van der Waals surface area contributed by atoms with E-state index in [2.05, 4.69) is 12.1 Å². The van der Waals surface area contributed by atoms with Crippen LogP contribution in [0.2, 0.25) is 0 Å². The second-order valence-electron chi connectivity index (χ2n) is 7.66. The van der Waals surface area contributed by atoms with Crippen LogP contribution in [0.3, 0.4) is 0 Å². The molecule has 6 heteroatoms. The third-order valence-corrected chi connectivity index (χ3v) is 6.04. The molecule has 6 nitrogen and oxygen atoms in total. The van der Waals surface area contributed by atoms with Gasteiger partial charge in [0.1, 0.15) is 5.75 Å². The monoisotopic (exact) mass is 428 g/mol. The first-order valence-corrected chi connectivity index (χ1v) is 10.7. The Bertz CT molecular complexity index is 851. The van der Waals surface area contributed by atoms with E-state index in [1.807, 2.05) is 19.1 Å². The van der Waals surface area contributed by atoms with Crippen LogP contribution in [0.15, 0.2) is 36.4 Å². The van der Waals surface area contributed by atoms with E-state index in [9.17, 15) is 4.79 Å². The molecular formula is C25H32O6. The van der Waals surface area contributed by atoms with Crippen molar-refractivity contribution in [3.8, 4) is 23.0 Å². The van der Waals surface area contributed by atoms with E-state index in [-0.39, 0.29) is 23.7 Å². The molecule has 3 atom stereocenters. The van der Waals surface area contributed by atoms with Crippen LogP contribution in [0.5, 0.6) is 23.0 Å². The molecule has 0 aliphatic heterocycles. The minimum atomic E-state index is -0.209. The second-order valence-corrected chi connectivity index (χ2v) is 7.66. The Kier molecular flexibility index (Phi) is 7.80. The van der Waals surface area contributed by atoms with Gasteiger partial charge in [-0.05, 0) is 61.9 Å². The van der Waals surface area contributed by atoms with Crippen molar-refractivity contribution in [3.63, 3.8) is 0 Å². The fourth-order valence-electron chi connectivity index (χ4n) is 4.45. The van der Waals surface area contributed by atoms with Gasteiger partial charge in [0.15, 0.2) is 17.3 Å². The maximum absolute atomic E-state index is 13.7. The van der Waals surface area contributed by atoms with Gasteiger partial charge in [-0.25, -0.2) is 0 Å². The highest BCUT2D eigenvalue weighted by molar-refractivity contribution is 5.99. The Morgan fingerprint density at radius 2 is 1.58 bits per heavy atom. The minimum Gasteiger partial charge on any atom is -0.494 e. The highest BCUT2D eigenvalue weighted by Crippen LogP contribution is 2.43. The lowest BCUT2D eigenvalue weighted by Crippen LogP contribution is -2.33. The number of methoxy groups -OCH3 is 4. The highest BCUT2D eigenvalue weighted by atomic mass is 16.5. The molecule has 0 N–H and O–H groups in total. The molecule has 2 aromatic rings. The number of ether oxygens (including phenoxy) is 5. The van der Waals surface area contributed by atoms with E-state index >= 15 is 0 Å². The van der Waals surface area contributed by atoms with Crippen LogP contribution in [-0.2, 0) is 4.74 Å². The summed E-state index contributed by atoms with van der Waals surface area (Å²) in [5.41, 5.74) is 1.69. The molecule has 1 aliphatic rings. The number of hydrogen-bond donors (Lipinski definition) is 0. The lowest BCUT2D eigenvalue weighted by atomic mass is 9.71. The molecule has 0 amide bonds. The average molecular weight is 429 g/mol. The topological polar surface area (TPSA) is 63.2 Å². The predicted octanol–water partition coefficient (Wildman–Crippen LogP) is 4.89. The quantitative estimate of drug-likeness (QED) is 0.530. The fourth-order valence-corrected chi connectivity index (χ4v) is 4.45. The molecule has 0 heterocycles. The van der Waals surface area contributed by atoms with Gasteiger partial charge in [0.25, 0.3) is 0 Å². The summed E-state index contributed by atoms with van der Waals surface area (Å²) in [7, 11) is 6.36. The molecule has 0 radical (unpaired) electrons. The van der Waals surface area contributed by atoms with Gasteiger partial charge in [-0.15, -0.1) is 0 Å². The van der Waals surface area contributed by atoms with Gasteiger partial charge >= 0.3 is 0 Å². The molecule has 0 spiro atoms. The summed E-state index contributed by atoms with van der Waals surface area (Å²) in [6, 6.07) is 11.5. The summed E-state index contributed by atoms with van der Waals surface area (Å²) in [5, 5.41) is 0. The van der Waals surface area contributed by atoms with Gasteiger partial charge in [0.2, 0.25) is 5.75 Å². The van der Waals surface area contributed by atoms with E-state index < -0.39 is 0 Å². The van der Waals surface area contributed by atoms with Crippen molar-refractivity contribution < 1.29 is 28.5 Å². The number of hydrogen-bond acceptors (Lipinski definition) is 6. The van der Waals surface area contributed by atoms with Crippen LogP contribution in [-0.4, -0.2) is 46.9 Å². The van der Waals surface area contributed by atoms with Crippen LogP contribution >= 0.6 is 0 Å². The summed E-state index contributed by atoms with van der Waals surface area (Å²) in [5.74, 6) is 2.21. The molecule has 31 heavy (non-hydrogen) atoms. The van der Waals surface area contributed by atoms with Gasteiger partial charge in [0, 0.05) is 18.6 Å². The van der Waals surface area contributed by atoms with Crippen molar-refractivity contribution in [2.45, 2.75) is 38.2 Å². The van der Waals surface area contributed by atoms with Crippen LogP contribution in [0.1, 0.15) is 48.0 Å². The van der Waals surface area contributed by atoms with Crippen molar-refractivity contribution in [1.82, 2.24) is 0 Å². The third-order valence-electron chi connectivity index (χ3n) is 6.04. The van der Waals surface area contributed by atoms with Gasteiger partial charge in [-0.2, -0.15) is 0 Å². The normalized spacial score (nSPS) is 20.7. The number of benzene rings is 2. The first-order valence-electron chi connectivity index (χ1n) is 10.7. The Morgan fingerprint density at radius 3 is 2.10 bits per heavy atom. The molecule has 3 rings (SSSR count). The number of carbonyl (C=O) groups is 1. The van der Waals surface area contributed by atoms with Crippen LogP contribution < -0.4 is 18.9 Å². The first-order chi connectivity index (χ1) is 15.1. The van der Waals surface area contributed by atoms with Crippen molar-refractivity contribution in [2.24, 2.45) is 5.92 Å². The van der Waals surface area contributed by atoms with Gasteiger partial charge in [0.05, 0.1) is 34.0 Å². The third kappa shape index (κ3) is 4.96. The zero-order chi connectivity index (χ0) is 22.4. The number of ketones is 1. The number of rotatable bonds is 9. The van der Waals surface area contributed by atoms with E-state index in [0.29, 0.717) is 35.8 Å². The maximum atomic E-state index is 13.7. The van der Waals surface area contributed by atoms with E-state index in [4.69, 9.17) is 23.7 Å². The van der Waals surface area contributed by atoms with E-state index in [1.54, 1.807) is 40.6 Å². The largest absolute Gasteiger partial charge is 0.494 e. The van der Waals surface area contributed by atoms with Crippen LogP contribution in [0.4, 0.5) is 0 Å². The highest BCUT2D eigenvalue weighted by Gasteiger charge is 2.37. The minimum absolute atomic E-state index is 0.0555. The predicted molar refractivity (Wildman–Crippen MR) is 119 cm³/mol. The molecule has 0 bridgehead atoms. The Hall–Kier alpha value is -2.73. The van der Waals surface area contributed by atoms with E-state index in [0.717, 1.165) is 24.2 Å².